The normalized spacial score (nSPS) is 32.3. The summed E-state index contributed by atoms with van der Waals surface area (Å²) >= 11 is 0. The Labute approximate surface area is 109 Å². The number of piperidine rings is 1. The van der Waals surface area contributed by atoms with Gasteiger partial charge in [0.05, 0.1) is 0 Å². The summed E-state index contributed by atoms with van der Waals surface area (Å²) < 4.78 is 16.9. The fourth-order valence-electron chi connectivity index (χ4n) is 2.38. The van der Waals surface area contributed by atoms with Crippen molar-refractivity contribution in [1.29, 1.82) is 0 Å². The highest BCUT2D eigenvalue weighted by Crippen LogP contribution is 2.26. The van der Waals surface area contributed by atoms with Crippen molar-refractivity contribution < 1.29 is 18.5 Å². The van der Waals surface area contributed by atoms with E-state index in [1.807, 2.05) is 20.8 Å². The summed E-state index contributed by atoms with van der Waals surface area (Å²) in [5.41, 5.74) is -0.531. The number of hydrogen-bond acceptors (Lipinski definition) is 4. The average molecular weight is 273 g/mol. The quantitative estimate of drug-likeness (QED) is 0.655. The van der Waals surface area contributed by atoms with Gasteiger partial charge in [0, 0.05) is 47.2 Å². The first-order valence-electron chi connectivity index (χ1n) is 6.13. The van der Waals surface area contributed by atoms with Crippen LogP contribution in [0.5, 0.6) is 0 Å². The molecule has 0 saturated carbocycles. The molecule has 6 heteroatoms. The molecule has 0 spiro atoms. The van der Waals surface area contributed by atoms with Gasteiger partial charge in [0.2, 0.25) is 0 Å². The predicted molar refractivity (Wildman–Crippen MR) is 67.7 cm³/mol. The van der Waals surface area contributed by atoms with E-state index in [1.165, 1.54) is 0 Å². The maximum absolute atomic E-state index is 11.9. The number of fused-ring (bicyclic) bond motifs is 2. The topological polar surface area (TPSA) is 63.7 Å². The Kier molecular flexibility index (Phi) is 3.49. The molecular formula is C12H19NO4S. The summed E-state index contributed by atoms with van der Waals surface area (Å²) in [6, 6.07) is 0. The lowest BCUT2D eigenvalue weighted by Crippen LogP contribution is -2.55. The maximum atomic E-state index is 11.9. The van der Waals surface area contributed by atoms with Crippen LogP contribution in [-0.4, -0.2) is 51.2 Å². The fourth-order valence-corrected chi connectivity index (χ4v) is 3.95. The third-order valence-corrected chi connectivity index (χ3v) is 4.66. The molecule has 0 aromatic carbocycles. The first-order valence-corrected chi connectivity index (χ1v) is 7.61. The number of amides is 1. The van der Waals surface area contributed by atoms with Gasteiger partial charge in [-0.3, -0.25) is 9.00 Å². The van der Waals surface area contributed by atoms with E-state index >= 15 is 0 Å². The number of ketones is 1. The highest BCUT2D eigenvalue weighted by molar-refractivity contribution is 7.85. The van der Waals surface area contributed by atoms with E-state index in [1.54, 1.807) is 4.90 Å². The Morgan fingerprint density at radius 2 is 1.78 bits per heavy atom. The van der Waals surface area contributed by atoms with Gasteiger partial charge in [-0.05, 0) is 20.8 Å². The number of nitrogens with zero attached hydrogens (tertiary/aromatic N) is 1. The molecule has 2 rings (SSSR count). The van der Waals surface area contributed by atoms with Crippen LogP contribution in [0.15, 0.2) is 0 Å². The SMILES string of the molecule is CC(C)(C)OC(=O)N1CC2CS(=O)CC(C1)C2=O. The van der Waals surface area contributed by atoms with Crippen molar-refractivity contribution in [3.05, 3.63) is 0 Å². The molecule has 2 fully saturated rings. The lowest BCUT2D eigenvalue weighted by atomic mass is 9.89. The third kappa shape index (κ3) is 2.91. The number of carbonyl (C=O) groups is 2. The lowest BCUT2D eigenvalue weighted by molar-refractivity contribution is -0.129. The molecule has 1 amide bonds. The van der Waals surface area contributed by atoms with Crippen LogP contribution in [0.3, 0.4) is 0 Å². The summed E-state index contributed by atoms with van der Waals surface area (Å²) in [6.07, 6.45) is -0.377. The van der Waals surface area contributed by atoms with Gasteiger partial charge in [-0.1, -0.05) is 0 Å². The second kappa shape index (κ2) is 4.64. The third-order valence-electron chi connectivity index (χ3n) is 3.11. The highest BCUT2D eigenvalue weighted by atomic mass is 32.2. The first kappa shape index (κ1) is 13.5. The Balaban J connectivity index is 2.04. The smallest absolute Gasteiger partial charge is 0.410 e. The number of rotatable bonds is 0. The number of Topliss-reactive ketones (excluding diaryl/α,β-unsaturated/α-hetero) is 1. The van der Waals surface area contributed by atoms with Crippen molar-refractivity contribution in [2.45, 2.75) is 26.4 Å². The van der Waals surface area contributed by atoms with Crippen LogP contribution in [0.4, 0.5) is 4.79 Å². The van der Waals surface area contributed by atoms with Gasteiger partial charge >= 0.3 is 6.09 Å². The van der Waals surface area contributed by atoms with Crippen LogP contribution in [0.2, 0.25) is 0 Å². The molecule has 2 unspecified atom stereocenters. The Morgan fingerprint density at radius 3 is 2.22 bits per heavy atom. The highest BCUT2D eigenvalue weighted by Gasteiger charge is 2.43. The standard InChI is InChI=1S/C12H19NO4S/c1-12(2,3)17-11(15)13-4-8-6-18(16)7-9(5-13)10(8)14/h8-9H,4-7H2,1-3H3. The van der Waals surface area contributed by atoms with Crippen LogP contribution < -0.4 is 0 Å². The Morgan fingerprint density at radius 1 is 1.28 bits per heavy atom. The molecule has 2 atom stereocenters. The zero-order valence-electron chi connectivity index (χ0n) is 11.0. The molecule has 5 nitrogen and oxygen atoms in total. The van der Waals surface area contributed by atoms with Gasteiger partial charge in [-0.2, -0.15) is 0 Å². The van der Waals surface area contributed by atoms with Crippen molar-refractivity contribution in [2.24, 2.45) is 11.8 Å². The van der Waals surface area contributed by atoms with Crippen LogP contribution in [0, 0.1) is 11.8 Å². The monoisotopic (exact) mass is 273 g/mol. The minimum absolute atomic E-state index is 0.161. The Hall–Kier alpha value is -0.910. The second-order valence-electron chi connectivity index (χ2n) is 5.95. The molecule has 0 radical (unpaired) electrons. The van der Waals surface area contributed by atoms with E-state index in [-0.39, 0.29) is 23.7 Å². The summed E-state index contributed by atoms with van der Waals surface area (Å²) in [6.45, 7) is 6.13. The molecule has 0 N–H and O–H groups in total. The number of carbonyl (C=O) groups excluding carboxylic acids is 2. The molecule has 0 aliphatic carbocycles. The summed E-state index contributed by atoms with van der Waals surface area (Å²) in [5.74, 6) is 0.384. The zero-order valence-corrected chi connectivity index (χ0v) is 11.8. The van der Waals surface area contributed by atoms with Crippen molar-refractivity contribution in [3.8, 4) is 0 Å². The van der Waals surface area contributed by atoms with Crippen molar-refractivity contribution in [1.82, 2.24) is 4.90 Å². The zero-order chi connectivity index (χ0) is 13.5. The van der Waals surface area contributed by atoms with Crippen LogP contribution in [-0.2, 0) is 20.3 Å². The number of hydrogen-bond donors (Lipinski definition) is 0. The van der Waals surface area contributed by atoms with Crippen LogP contribution in [0.1, 0.15) is 20.8 Å². The minimum atomic E-state index is -0.917. The van der Waals surface area contributed by atoms with Crippen molar-refractivity contribution in [3.63, 3.8) is 0 Å². The summed E-state index contributed by atoms with van der Waals surface area (Å²) in [7, 11) is -0.917. The Bertz CT molecular complexity index is 381. The van der Waals surface area contributed by atoms with E-state index in [0.717, 1.165) is 0 Å². The fraction of sp³-hybridized carbons (Fsp3) is 0.833. The van der Waals surface area contributed by atoms with E-state index in [0.29, 0.717) is 24.6 Å². The molecule has 2 aliphatic heterocycles. The van der Waals surface area contributed by atoms with E-state index in [4.69, 9.17) is 4.74 Å². The largest absolute Gasteiger partial charge is 0.444 e. The van der Waals surface area contributed by atoms with Gasteiger partial charge in [0.15, 0.2) is 0 Å². The van der Waals surface area contributed by atoms with E-state index in [9.17, 15) is 13.8 Å². The molecule has 18 heavy (non-hydrogen) atoms. The molecule has 0 aromatic heterocycles. The van der Waals surface area contributed by atoms with Crippen LogP contribution in [0.25, 0.3) is 0 Å². The molecule has 0 aromatic rings. The van der Waals surface area contributed by atoms with Gasteiger partial charge in [0.1, 0.15) is 11.4 Å². The molecule has 2 aliphatic rings. The summed E-state index contributed by atoms with van der Waals surface area (Å²) in [5, 5.41) is 0. The second-order valence-corrected chi connectivity index (χ2v) is 7.50. The molecule has 2 saturated heterocycles. The first-order chi connectivity index (χ1) is 8.26. The average Bonchev–Trinajstić information content (AvgIpc) is 2.17. The van der Waals surface area contributed by atoms with E-state index in [2.05, 4.69) is 0 Å². The molecule has 102 valence electrons. The molecule has 2 bridgehead atoms. The maximum Gasteiger partial charge on any atom is 0.410 e. The van der Waals surface area contributed by atoms with Crippen molar-refractivity contribution >= 4 is 22.7 Å². The predicted octanol–water partition coefficient (Wildman–Crippen LogP) is 0.801. The van der Waals surface area contributed by atoms with E-state index < -0.39 is 16.4 Å². The van der Waals surface area contributed by atoms with Crippen LogP contribution >= 0.6 is 0 Å². The molecular weight excluding hydrogens is 254 g/mol. The minimum Gasteiger partial charge on any atom is -0.444 e. The molecule has 2 heterocycles. The van der Waals surface area contributed by atoms with Gasteiger partial charge in [-0.25, -0.2) is 4.79 Å². The van der Waals surface area contributed by atoms with Gasteiger partial charge < -0.3 is 9.64 Å². The van der Waals surface area contributed by atoms with Gasteiger partial charge in [0.25, 0.3) is 0 Å². The number of likely N-dealkylation sites (tertiary alicyclic amines) is 1. The lowest BCUT2D eigenvalue weighted by Gasteiger charge is -2.39. The van der Waals surface area contributed by atoms with Crippen molar-refractivity contribution in [2.75, 3.05) is 24.6 Å². The van der Waals surface area contributed by atoms with Gasteiger partial charge in [-0.15, -0.1) is 0 Å². The number of ether oxygens (including phenoxy) is 1. The summed E-state index contributed by atoms with van der Waals surface area (Å²) in [4.78, 5) is 25.4.